The molecule has 0 radical (unpaired) electrons. The van der Waals surface area contributed by atoms with Crippen LogP contribution in [0.4, 0.5) is 0 Å². The van der Waals surface area contributed by atoms with Crippen molar-refractivity contribution in [3.8, 4) is 0 Å². The molecule has 76 valence electrons. The number of carbonyl (C=O) groups is 1. The van der Waals surface area contributed by atoms with Crippen LogP contribution >= 0.6 is 11.8 Å². The summed E-state index contributed by atoms with van der Waals surface area (Å²) < 4.78 is 0. The molecule has 1 aromatic heterocycles. The second-order valence-electron chi connectivity index (χ2n) is 2.83. The van der Waals surface area contributed by atoms with Gasteiger partial charge in [-0.2, -0.15) is 0 Å². The van der Waals surface area contributed by atoms with Crippen LogP contribution in [-0.2, 0) is 0 Å². The average molecular weight is 212 g/mol. The van der Waals surface area contributed by atoms with Gasteiger partial charge in [0.2, 0.25) is 0 Å². The number of hydrogen-bond donors (Lipinski definition) is 2. The number of primary amides is 1. The van der Waals surface area contributed by atoms with Crippen molar-refractivity contribution in [2.45, 2.75) is 17.2 Å². The van der Waals surface area contributed by atoms with Crippen LogP contribution in [0.25, 0.3) is 0 Å². The Bertz CT molecular complexity index is 330. The van der Waals surface area contributed by atoms with Crippen LogP contribution in [0, 0.1) is 0 Å². The Labute approximate surface area is 86.5 Å². The van der Waals surface area contributed by atoms with Gasteiger partial charge in [0, 0.05) is 11.4 Å². The summed E-state index contributed by atoms with van der Waals surface area (Å²) in [4.78, 5) is 15.0. The third-order valence-corrected chi connectivity index (χ3v) is 2.71. The number of hydrogen-bond acceptors (Lipinski definition) is 4. The second-order valence-corrected chi connectivity index (χ2v) is 4.26. The number of carbonyl (C=O) groups excluding carboxylic acids is 1. The Morgan fingerprint density at radius 3 is 3.07 bits per heavy atom. The zero-order valence-electron chi connectivity index (χ0n) is 7.80. The molecule has 0 aliphatic heterocycles. The van der Waals surface area contributed by atoms with Crippen LogP contribution in [0.2, 0.25) is 0 Å². The highest BCUT2D eigenvalue weighted by atomic mass is 32.2. The van der Waals surface area contributed by atoms with Crippen LogP contribution in [-0.4, -0.2) is 27.9 Å². The molecule has 0 fully saturated rings. The molecule has 0 aromatic carbocycles. The molecular formula is C9H12N2O2S. The van der Waals surface area contributed by atoms with Crippen LogP contribution < -0.4 is 5.73 Å². The summed E-state index contributed by atoms with van der Waals surface area (Å²) in [6.45, 7) is 1.89. The molecule has 1 amide bonds. The van der Waals surface area contributed by atoms with Crippen LogP contribution in [0.5, 0.6) is 0 Å². The van der Waals surface area contributed by atoms with E-state index in [1.54, 1.807) is 18.3 Å². The summed E-state index contributed by atoms with van der Waals surface area (Å²) in [7, 11) is 0. The van der Waals surface area contributed by atoms with Gasteiger partial charge in [-0.15, -0.1) is 11.8 Å². The van der Waals surface area contributed by atoms with E-state index in [4.69, 9.17) is 10.8 Å². The SMILES string of the molecule is CC(CO)Sc1ncccc1C(N)=O. The summed E-state index contributed by atoms with van der Waals surface area (Å²) in [5, 5.41) is 9.43. The lowest BCUT2D eigenvalue weighted by Crippen LogP contribution is -2.14. The van der Waals surface area contributed by atoms with Gasteiger partial charge < -0.3 is 10.8 Å². The molecule has 4 nitrogen and oxygen atoms in total. The predicted molar refractivity (Wildman–Crippen MR) is 55.2 cm³/mol. The number of pyridine rings is 1. The fourth-order valence-electron chi connectivity index (χ4n) is 0.900. The predicted octanol–water partition coefficient (Wildman–Crippen LogP) is 0.653. The van der Waals surface area contributed by atoms with Gasteiger partial charge in [-0.1, -0.05) is 6.92 Å². The average Bonchev–Trinajstić information content (AvgIpc) is 2.18. The summed E-state index contributed by atoms with van der Waals surface area (Å²) in [5.41, 5.74) is 5.58. The topological polar surface area (TPSA) is 76.2 Å². The van der Waals surface area contributed by atoms with E-state index in [2.05, 4.69) is 4.98 Å². The summed E-state index contributed by atoms with van der Waals surface area (Å²) in [5.74, 6) is -0.495. The molecular weight excluding hydrogens is 200 g/mol. The minimum atomic E-state index is -0.495. The van der Waals surface area contributed by atoms with Gasteiger partial charge in [-0.05, 0) is 12.1 Å². The van der Waals surface area contributed by atoms with Gasteiger partial charge >= 0.3 is 0 Å². The second kappa shape index (κ2) is 4.97. The molecule has 0 bridgehead atoms. The molecule has 5 heteroatoms. The molecule has 0 aliphatic rings. The van der Waals surface area contributed by atoms with Crippen molar-refractivity contribution < 1.29 is 9.90 Å². The van der Waals surface area contributed by atoms with Crippen molar-refractivity contribution in [3.05, 3.63) is 23.9 Å². The van der Waals surface area contributed by atoms with Crippen molar-refractivity contribution in [3.63, 3.8) is 0 Å². The maximum absolute atomic E-state index is 11.0. The Morgan fingerprint density at radius 2 is 2.50 bits per heavy atom. The lowest BCUT2D eigenvalue weighted by Gasteiger charge is -2.08. The molecule has 0 spiro atoms. The number of aliphatic hydroxyl groups is 1. The Kier molecular flexibility index (Phi) is 3.91. The van der Waals surface area contributed by atoms with Crippen LogP contribution in [0.15, 0.2) is 23.4 Å². The minimum Gasteiger partial charge on any atom is -0.395 e. The number of rotatable bonds is 4. The van der Waals surface area contributed by atoms with E-state index >= 15 is 0 Å². The number of thioether (sulfide) groups is 1. The zero-order valence-corrected chi connectivity index (χ0v) is 8.62. The van der Waals surface area contributed by atoms with E-state index in [-0.39, 0.29) is 11.9 Å². The first-order valence-corrected chi connectivity index (χ1v) is 5.05. The van der Waals surface area contributed by atoms with Crippen molar-refractivity contribution in [2.24, 2.45) is 5.73 Å². The molecule has 14 heavy (non-hydrogen) atoms. The van der Waals surface area contributed by atoms with Gasteiger partial charge in [0.05, 0.1) is 12.2 Å². The van der Waals surface area contributed by atoms with E-state index in [1.807, 2.05) is 6.92 Å². The van der Waals surface area contributed by atoms with Crippen molar-refractivity contribution in [1.29, 1.82) is 0 Å². The maximum atomic E-state index is 11.0. The number of nitrogens with two attached hydrogens (primary N) is 1. The van der Waals surface area contributed by atoms with E-state index in [9.17, 15) is 4.79 Å². The number of aromatic nitrogens is 1. The summed E-state index contributed by atoms with van der Waals surface area (Å²) in [6, 6.07) is 3.29. The highest BCUT2D eigenvalue weighted by molar-refractivity contribution is 7.99. The Morgan fingerprint density at radius 1 is 1.79 bits per heavy atom. The molecule has 0 aliphatic carbocycles. The molecule has 1 rings (SSSR count). The van der Waals surface area contributed by atoms with Crippen LogP contribution in [0.3, 0.4) is 0 Å². The third kappa shape index (κ3) is 2.71. The first-order chi connectivity index (χ1) is 6.65. The van der Waals surface area contributed by atoms with E-state index < -0.39 is 5.91 Å². The van der Waals surface area contributed by atoms with Crippen molar-refractivity contribution in [2.75, 3.05) is 6.61 Å². The van der Waals surface area contributed by atoms with Crippen molar-refractivity contribution >= 4 is 17.7 Å². The molecule has 0 saturated carbocycles. The maximum Gasteiger partial charge on any atom is 0.251 e. The summed E-state index contributed by atoms with van der Waals surface area (Å²) >= 11 is 1.34. The lowest BCUT2D eigenvalue weighted by molar-refractivity contribution is 0.0997. The lowest BCUT2D eigenvalue weighted by atomic mass is 10.3. The van der Waals surface area contributed by atoms with E-state index in [1.165, 1.54) is 11.8 Å². The smallest absolute Gasteiger partial charge is 0.251 e. The molecule has 1 unspecified atom stereocenters. The molecule has 1 aromatic rings. The molecule has 3 N–H and O–H groups in total. The fourth-order valence-corrected chi connectivity index (χ4v) is 1.77. The molecule has 0 saturated heterocycles. The molecule has 1 atom stereocenters. The minimum absolute atomic E-state index is 0.00278. The number of aliphatic hydroxyl groups excluding tert-OH is 1. The third-order valence-electron chi connectivity index (χ3n) is 1.61. The van der Waals surface area contributed by atoms with Gasteiger partial charge in [-0.25, -0.2) is 4.98 Å². The largest absolute Gasteiger partial charge is 0.395 e. The van der Waals surface area contributed by atoms with Gasteiger partial charge in [0.15, 0.2) is 0 Å². The Hall–Kier alpha value is -1.07. The van der Waals surface area contributed by atoms with Crippen molar-refractivity contribution in [1.82, 2.24) is 4.98 Å². The van der Waals surface area contributed by atoms with E-state index in [0.29, 0.717) is 10.6 Å². The first kappa shape index (κ1) is 11.0. The first-order valence-electron chi connectivity index (χ1n) is 4.17. The normalized spacial score (nSPS) is 12.4. The van der Waals surface area contributed by atoms with Gasteiger partial charge in [0.25, 0.3) is 5.91 Å². The Balaban J connectivity index is 2.90. The van der Waals surface area contributed by atoms with Crippen LogP contribution in [0.1, 0.15) is 17.3 Å². The zero-order chi connectivity index (χ0) is 10.6. The quantitative estimate of drug-likeness (QED) is 0.719. The monoisotopic (exact) mass is 212 g/mol. The highest BCUT2D eigenvalue weighted by Gasteiger charge is 2.11. The fraction of sp³-hybridized carbons (Fsp3) is 0.333. The van der Waals surface area contributed by atoms with E-state index in [0.717, 1.165) is 0 Å². The number of nitrogens with zero attached hydrogens (tertiary/aromatic N) is 1. The molecule has 1 heterocycles. The highest BCUT2D eigenvalue weighted by Crippen LogP contribution is 2.23. The summed E-state index contributed by atoms with van der Waals surface area (Å²) in [6.07, 6.45) is 1.60. The van der Waals surface area contributed by atoms with Gasteiger partial charge in [0.1, 0.15) is 5.03 Å². The number of amides is 1. The standard InChI is InChI=1S/C9H12N2O2S/c1-6(5-12)14-9-7(8(10)13)3-2-4-11-9/h2-4,6,12H,5H2,1H3,(H2,10,13). The van der Waals surface area contributed by atoms with Gasteiger partial charge in [-0.3, -0.25) is 4.79 Å².